The fraction of sp³-hybridized carbons (Fsp3) is 0.889. The summed E-state index contributed by atoms with van der Waals surface area (Å²) in [6.07, 6.45) is 1.08. The number of rotatable bonds is 4. The molecule has 5 nitrogen and oxygen atoms in total. The molecule has 6 heteroatoms. The Labute approximate surface area is 90.5 Å². The Balaban J connectivity index is 2.26. The summed E-state index contributed by atoms with van der Waals surface area (Å²) in [5, 5.41) is 5.75. The second-order valence-electron chi connectivity index (χ2n) is 3.77. The molecular weight excluding hydrogens is 216 g/mol. The first kappa shape index (κ1) is 12.4. The lowest BCUT2D eigenvalue weighted by atomic mass is 10.1. The molecule has 0 unspecified atom stereocenters. The predicted molar refractivity (Wildman–Crippen MR) is 58.4 cm³/mol. The molecule has 1 amide bonds. The second kappa shape index (κ2) is 5.46. The molecule has 0 saturated carbocycles. The van der Waals surface area contributed by atoms with Crippen LogP contribution in [0, 0.1) is 0 Å². The van der Waals surface area contributed by atoms with E-state index < -0.39 is 9.84 Å². The van der Waals surface area contributed by atoms with Gasteiger partial charge in [-0.15, -0.1) is 0 Å². The van der Waals surface area contributed by atoms with Gasteiger partial charge < -0.3 is 10.6 Å². The summed E-state index contributed by atoms with van der Waals surface area (Å²) in [6, 6.07) is 0.0275. The predicted octanol–water partition coefficient (Wildman–Crippen LogP) is -0.711. The number of nitrogens with one attached hydrogen (secondary N) is 2. The second-order valence-corrected chi connectivity index (χ2v) is 6.08. The summed E-state index contributed by atoms with van der Waals surface area (Å²) in [5.41, 5.74) is 0. The molecule has 0 aliphatic carbocycles. The molecule has 0 aromatic carbocycles. The number of hydrogen-bond donors (Lipinski definition) is 2. The highest BCUT2D eigenvalue weighted by atomic mass is 32.2. The van der Waals surface area contributed by atoms with Gasteiger partial charge in [0.15, 0.2) is 0 Å². The van der Waals surface area contributed by atoms with Crippen LogP contribution in [0.2, 0.25) is 0 Å². The maximum atomic E-state index is 11.3. The highest BCUT2D eigenvalue weighted by Crippen LogP contribution is 2.11. The Morgan fingerprint density at radius 3 is 2.47 bits per heavy atom. The molecule has 88 valence electrons. The number of carbonyl (C=O) groups is 1. The standard InChI is InChI=1S/C9H18N2O3S/c1-2-10-7-9(12)11-8-3-5-15(13,14)6-4-8/h8,10H,2-7H2,1H3,(H,11,12). The molecule has 1 saturated heterocycles. The van der Waals surface area contributed by atoms with Crippen molar-refractivity contribution in [3.63, 3.8) is 0 Å². The van der Waals surface area contributed by atoms with Gasteiger partial charge in [0.2, 0.25) is 5.91 Å². The van der Waals surface area contributed by atoms with Crippen LogP contribution >= 0.6 is 0 Å². The zero-order valence-electron chi connectivity index (χ0n) is 8.95. The van der Waals surface area contributed by atoms with Crippen molar-refractivity contribution in [2.24, 2.45) is 0 Å². The molecule has 2 N–H and O–H groups in total. The SMILES string of the molecule is CCNCC(=O)NC1CCS(=O)(=O)CC1. The van der Waals surface area contributed by atoms with Gasteiger partial charge in [0, 0.05) is 6.04 Å². The van der Waals surface area contributed by atoms with E-state index in [9.17, 15) is 13.2 Å². The van der Waals surface area contributed by atoms with Crippen LogP contribution in [-0.2, 0) is 14.6 Å². The molecule has 15 heavy (non-hydrogen) atoms. The minimum Gasteiger partial charge on any atom is -0.352 e. The summed E-state index contributed by atoms with van der Waals surface area (Å²) in [6.45, 7) is 2.99. The van der Waals surface area contributed by atoms with Crippen LogP contribution in [-0.4, -0.2) is 45.0 Å². The van der Waals surface area contributed by atoms with Crippen molar-refractivity contribution in [1.82, 2.24) is 10.6 Å². The van der Waals surface area contributed by atoms with E-state index >= 15 is 0 Å². The van der Waals surface area contributed by atoms with Crippen LogP contribution in [0.25, 0.3) is 0 Å². The Bertz CT molecular complexity index is 299. The number of amides is 1. The first-order valence-corrected chi connectivity index (χ1v) is 7.06. The molecule has 0 radical (unpaired) electrons. The summed E-state index contributed by atoms with van der Waals surface area (Å²) < 4.78 is 22.3. The van der Waals surface area contributed by atoms with Crippen molar-refractivity contribution in [1.29, 1.82) is 0 Å². The van der Waals surface area contributed by atoms with Gasteiger partial charge in [-0.25, -0.2) is 8.42 Å². The highest BCUT2D eigenvalue weighted by molar-refractivity contribution is 7.91. The molecule has 0 aromatic heterocycles. The van der Waals surface area contributed by atoms with Crippen molar-refractivity contribution in [3.05, 3.63) is 0 Å². The van der Waals surface area contributed by atoms with Crippen LogP contribution < -0.4 is 10.6 Å². The quantitative estimate of drug-likeness (QED) is 0.674. The monoisotopic (exact) mass is 234 g/mol. The number of hydrogen-bond acceptors (Lipinski definition) is 4. The van der Waals surface area contributed by atoms with E-state index in [1.807, 2.05) is 6.92 Å². The fourth-order valence-corrected chi connectivity index (χ4v) is 3.04. The van der Waals surface area contributed by atoms with Gasteiger partial charge >= 0.3 is 0 Å². The number of likely N-dealkylation sites (N-methyl/N-ethyl adjacent to an activating group) is 1. The lowest BCUT2D eigenvalue weighted by Gasteiger charge is -2.22. The molecular formula is C9H18N2O3S. The van der Waals surface area contributed by atoms with Crippen LogP contribution in [0.1, 0.15) is 19.8 Å². The number of carbonyl (C=O) groups excluding carboxylic acids is 1. The van der Waals surface area contributed by atoms with E-state index in [0.29, 0.717) is 19.4 Å². The third-order valence-electron chi connectivity index (χ3n) is 2.46. The molecule has 1 rings (SSSR count). The summed E-state index contributed by atoms with van der Waals surface area (Å²) in [5.74, 6) is 0.333. The average Bonchev–Trinajstić information content (AvgIpc) is 2.18. The average molecular weight is 234 g/mol. The molecule has 0 bridgehead atoms. The third-order valence-corrected chi connectivity index (χ3v) is 4.17. The molecule has 0 atom stereocenters. The van der Waals surface area contributed by atoms with E-state index in [2.05, 4.69) is 10.6 Å². The third kappa shape index (κ3) is 4.61. The number of sulfone groups is 1. The highest BCUT2D eigenvalue weighted by Gasteiger charge is 2.24. The Morgan fingerprint density at radius 1 is 1.33 bits per heavy atom. The first-order chi connectivity index (χ1) is 7.03. The maximum Gasteiger partial charge on any atom is 0.234 e. The zero-order valence-corrected chi connectivity index (χ0v) is 9.77. The lowest BCUT2D eigenvalue weighted by molar-refractivity contribution is -0.121. The van der Waals surface area contributed by atoms with Crippen LogP contribution in [0.4, 0.5) is 0 Å². The van der Waals surface area contributed by atoms with E-state index in [4.69, 9.17) is 0 Å². The van der Waals surface area contributed by atoms with Crippen molar-refractivity contribution < 1.29 is 13.2 Å². The molecule has 1 aliphatic heterocycles. The van der Waals surface area contributed by atoms with E-state index in [1.165, 1.54) is 0 Å². The topological polar surface area (TPSA) is 75.3 Å². The van der Waals surface area contributed by atoms with Crippen LogP contribution in [0.5, 0.6) is 0 Å². The van der Waals surface area contributed by atoms with Crippen molar-refractivity contribution in [2.45, 2.75) is 25.8 Å². The van der Waals surface area contributed by atoms with E-state index in [0.717, 1.165) is 6.54 Å². The van der Waals surface area contributed by atoms with Gasteiger partial charge in [-0.1, -0.05) is 6.92 Å². The van der Waals surface area contributed by atoms with Gasteiger partial charge in [0.1, 0.15) is 9.84 Å². The molecule has 1 fully saturated rings. The van der Waals surface area contributed by atoms with Crippen molar-refractivity contribution >= 4 is 15.7 Å². The lowest BCUT2D eigenvalue weighted by Crippen LogP contribution is -2.44. The summed E-state index contributed by atoms with van der Waals surface area (Å²) in [4.78, 5) is 11.3. The molecule has 1 heterocycles. The Morgan fingerprint density at radius 2 is 1.93 bits per heavy atom. The van der Waals surface area contributed by atoms with Crippen molar-refractivity contribution in [2.75, 3.05) is 24.6 Å². The van der Waals surface area contributed by atoms with E-state index in [1.54, 1.807) is 0 Å². The van der Waals surface area contributed by atoms with Gasteiger partial charge in [0.25, 0.3) is 0 Å². The maximum absolute atomic E-state index is 11.3. The van der Waals surface area contributed by atoms with Gasteiger partial charge in [-0.05, 0) is 19.4 Å². The van der Waals surface area contributed by atoms with Gasteiger partial charge in [-0.2, -0.15) is 0 Å². The van der Waals surface area contributed by atoms with Crippen molar-refractivity contribution in [3.8, 4) is 0 Å². The molecule has 0 spiro atoms. The molecule has 0 aromatic rings. The van der Waals surface area contributed by atoms with Crippen LogP contribution in [0.3, 0.4) is 0 Å². The fourth-order valence-electron chi connectivity index (χ4n) is 1.55. The van der Waals surface area contributed by atoms with Crippen LogP contribution in [0.15, 0.2) is 0 Å². The Hall–Kier alpha value is -0.620. The minimum atomic E-state index is -2.84. The van der Waals surface area contributed by atoms with Gasteiger partial charge in [-0.3, -0.25) is 4.79 Å². The zero-order chi connectivity index (χ0) is 11.3. The first-order valence-electron chi connectivity index (χ1n) is 5.24. The Kier molecular flexibility index (Phi) is 4.53. The minimum absolute atomic E-state index is 0.0275. The van der Waals surface area contributed by atoms with E-state index in [-0.39, 0.29) is 23.5 Å². The largest absolute Gasteiger partial charge is 0.352 e. The molecule has 1 aliphatic rings. The smallest absolute Gasteiger partial charge is 0.234 e. The summed E-state index contributed by atoms with van der Waals surface area (Å²) >= 11 is 0. The van der Waals surface area contributed by atoms with Gasteiger partial charge in [0.05, 0.1) is 18.1 Å². The summed E-state index contributed by atoms with van der Waals surface area (Å²) in [7, 11) is -2.84. The normalized spacial score (nSPS) is 21.1.